The van der Waals surface area contributed by atoms with Crippen LogP contribution in [-0.2, 0) is 53.1 Å². The summed E-state index contributed by atoms with van der Waals surface area (Å²) in [6.07, 6.45) is 2.89. The first-order valence-electron chi connectivity index (χ1n) is 12.2. The van der Waals surface area contributed by atoms with Crippen LogP contribution < -0.4 is 0 Å². The lowest BCUT2D eigenvalue weighted by Gasteiger charge is -2.40. The van der Waals surface area contributed by atoms with Crippen molar-refractivity contribution < 1.29 is 53.1 Å². The van der Waals surface area contributed by atoms with Gasteiger partial charge in [0, 0.05) is 109 Å². The van der Waals surface area contributed by atoms with Gasteiger partial charge in [0.1, 0.15) is 0 Å². The molecule has 0 aliphatic rings. The maximum absolute atomic E-state index is 5.76. The molecule has 0 atom stereocenters. The summed E-state index contributed by atoms with van der Waals surface area (Å²) in [6, 6.07) is 2.39. The van der Waals surface area contributed by atoms with Gasteiger partial charge in [0.25, 0.3) is 0 Å². The van der Waals surface area contributed by atoms with Crippen molar-refractivity contribution in [1.29, 1.82) is 0 Å². The Morgan fingerprint density at radius 3 is 0.541 bits per heavy atom. The first kappa shape index (κ1) is 37.4. The van der Waals surface area contributed by atoms with Crippen LogP contribution in [0.25, 0.3) is 0 Å². The minimum absolute atomic E-state index is 0.302. The molecule has 0 N–H and O–H groups in total. The van der Waals surface area contributed by atoms with Crippen LogP contribution in [0.15, 0.2) is 0 Å². The molecule has 0 aliphatic carbocycles. The van der Waals surface area contributed by atoms with Gasteiger partial charge in [0.15, 0.2) is 0 Å². The molecule has 37 heavy (non-hydrogen) atoms. The quantitative estimate of drug-likeness (QED) is 0.150. The summed E-state index contributed by atoms with van der Waals surface area (Å²) in [4.78, 5) is 0. The van der Waals surface area contributed by atoms with Gasteiger partial charge >= 0.3 is 35.2 Å². The van der Waals surface area contributed by atoms with E-state index in [-0.39, 0.29) is 5.41 Å². The molecule has 0 aliphatic heterocycles. The van der Waals surface area contributed by atoms with E-state index in [2.05, 4.69) is 0 Å². The summed E-state index contributed by atoms with van der Waals surface area (Å²) in [5.74, 6) is 0. The van der Waals surface area contributed by atoms with E-state index in [0.717, 1.165) is 25.7 Å². The Hall–Kier alpha value is 0.388. The second kappa shape index (κ2) is 17.9. The highest BCUT2D eigenvalue weighted by Crippen LogP contribution is 2.46. The van der Waals surface area contributed by atoms with E-state index >= 15 is 0 Å². The van der Waals surface area contributed by atoms with Crippen LogP contribution in [0.3, 0.4) is 0 Å². The maximum atomic E-state index is 5.76. The minimum atomic E-state index is -2.87. The molecular formula is C21H52O12Si4. The first-order chi connectivity index (χ1) is 17.6. The van der Waals surface area contributed by atoms with Gasteiger partial charge in [0.2, 0.25) is 0 Å². The molecular weight excluding hydrogens is 557 g/mol. The van der Waals surface area contributed by atoms with E-state index in [0.29, 0.717) is 24.2 Å². The van der Waals surface area contributed by atoms with Crippen LogP contribution >= 0.6 is 0 Å². The lowest BCUT2D eigenvalue weighted by Crippen LogP contribution is -2.48. The molecule has 0 aromatic rings. The average Bonchev–Trinajstić information content (AvgIpc) is 2.97. The van der Waals surface area contributed by atoms with Crippen molar-refractivity contribution >= 4 is 35.2 Å². The molecule has 0 saturated heterocycles. The third-order valence-electron chi connectivity index (χ3n) is 7.58. The zero-order valence-corrected chi connectivity index (χ0v) is 29.1. The van der Waals surface area contributed by atoms with Crippen molar-refractivity contribution in [1.82, 2.24) is 0 Å². The molecule has 0 amide bonds. The van der Waals surface area contributed by atoms with Crippen LogP contribution in [-0.4, -0.2) is 121 Å². The van der Waals surface area contributed by atoms with Gasteiger partial charge in [-0.1, -0.05) is 0 Å². The first-order valence-corrected chi connectivity index (χ1v) is 19.9. The van der Waals surface area contributed by atoms with Gasteiger partial charge in [0.05, 0.1) is 0 Å². The zero-order valence-electron chi connectivity index (χ0n) is 25.1. The Bertz CT molecular complexity index is 453. The van der Waals surface area contributed by atoms with Crippen molar-refractivity contribution in [2.24, 2.45) is 5.41 Å². The SMILES string of the molecule is CO[Si](CCC(CC[Si](OC)(OC)OC)(CC[Si](OC)(OC)OC)CC[Si](OC)(OC)OC)(OC)OC. The van der Waals surface area contributed by atoms with Crippen molar-refractivity contribution in [3.63, 3.8) is 0 Å². The summed E-state index contributed by atoms with van der Waals surface area (Å²) in [5, 5.41) is 0. The van der Waals surface area contributed by atoms with Crippen LogP contribution in [0.4, 0.5) is 0 Å². The van der Waals surface area contributed by atoms with Gasteiger partial charge in [-0.15, -0.1) is 0 Å². The third kappa shape index (κ3) is 10.4. The highest BCUT2D eigenvalue weighted by atomic mass is 28.4. The molecule has 16 heteroatoms. The lowest BCUT2D eigenvalue weighted by atomic mass is 9.77. The normalized spacial score (nSPS) is 13.9. The predicted molar refractivity (Wildman–Crippen MR) is 147 cm³/mol. The van der Waals surface area contributed by atoms with Crippen molar-refractivity contribution in [3.8, 4) is 0 Å². The monoisotopic (exact) mass is 608 g/mol. The molecule has 0 bridgehead atoms. The summed E-state index contributed by atoms with van der Waals surface area (Å²) in [6.45, 7) is 0. The standard InChI is InChI=1S/C21H52O12Si4/c1-22-34(23-2,24-3)17-13-21(14-18-35(25-4,26-5)27-6,15-19-36(28-7,29-8)30-9)16-20-37(31-10,32-11)33-12/h13-20H2,1-12H3. The summed E-state index contributed by atoms with van der Waals surface area (Å²) in [5.41, 5.74) is -0.302. The molecule has 0 spiro atoms. The molecule has 0 fully saturated rings. The Kier molecular flexibility index (Phi) is 18.1. The maximum Gasteiger partial charge on any atom is 0.500 e. The molecule has 0 saturated carbocycles. The van der Waals surface area contributed by atoms with Crippen LogP contribution in [0.5, 0.6) is 0 Å². The molecule has 0 heterocycles. The van der Waals surface area contributed by atoms with Crippen LogP contribution in [0, 0.1) is 5.41 Å². The minimum Gasteiger partial charge on any atom is -0.377 e. The fourth-order valence-corrected chi connectivity index (χ4v) is 12.4. The Morgan fingerprint density at radius 2 is 0.432 bits per heavy atom. The van der Waals surface area contributed by atoms with Gasteiger partial charge in [-0.05, 0) is 31.1 Å². The Balaban J connectivity index is 6.51. The zero-order chi connectivity index (χ0) is 28.6. The van der Waals surface area contributed by atoms with Gasteiger partial charge in [-0.2, -0.15) is 0 Å². The van der Waals surface area contributed by atoms with Crippen molar-refractivity contribution in [2.75, 3.05) is 85.3 Å². The second-order valence-corrected chi connectivity index (χ2v) is 21.0. The van der Waals surface area contributed by atoms with Crippen LogP contribution in [0.1, 0.15) is 25.7 Å². The Morgan fingerprint density at radius 1 is 0.297 bits per heavy atom. The third-order valence-corrected chi connectivity index (χ3v) is 18.5. The molecule has 224 valence electrons. The average molecular weight is 609 g/mol. The van der Waals surface area contributed by atoms with E-state index in [1.807, 2.05) is 0 Å². The van der Waals surface area contributed by atoms with Gasteiger partial charge in [-0.3, -0.25) is 0 Å². The number of hydrogen-bond acceptors (Lipinski definition) is 12. The molecule has 0 radical (unpaired) electrons. The highest BCUT2D eigenvalue weighted by molar-refractivity contribution is 6.62. The van der Waals surface area contributed by atoms with Crippen molar-refractivity contribution in [3.05, 3.63) is 0 Å². The Labute approximate surface area is 228 Å². The number of hydrogen-bond donors (Lipinski definition) is 0. The van der Waals surface area contributed by atoms with Gasteiger partial charge in [-0.25, -0.2) is 0 Å². The smallest absolute Gasteiger partial charge is 0.377 e. The van der Waals surface area contributed by atoms with Gasteiger partial charge < -0.3 is 53.1 Å². The largest absolute Gasteiger partial charge is 0.500 e. The number of rotatable bonds is 24. The van der Waals surface area contributed by atoms with E-state index in [4.69, 9.17) is 53.1 Å². The van der Waals surface area contributed by atoms with E-state index in [1.165, 1.54) is 0 Å². The summed E-state index contributed by atoms with van der Waals surface area (Å²) in [7, 11) is 7.97. The van der Waals surface area contributed by atoms with Crippen LogP contribution in [0.2, 0.25) is 24.2 Å². The molecule has 0 aromatic heterocycles. The topological polar surface area (TPSA) is 111 Å². The summed E-state index contributed by atoms with van der Waals surface area (Å²) < 4.78 is 69.1. The summed E-state index contributed by atoms with van der Waals surface area (Å²) >= 11 is 0. The predicted octanol–water partition coefficient (Wildman–Crippen LogP) is 3.05. The van der Waals surface area contributed by atoms with E-state index < -0.39 is 35.2 Å². The fourth-order valence-electron chi connectivity index (χ4n) is 4.65. The molecule has 0 unspecified atom stereocenters. The molecule has 12 nitrogen and oxygen atoms in total. The lowest BCUT2D eigenvalue weighted by molar-refractivity contribution is 0.0906. The second-order valence-electron chi connectivity index (χ2n) is 8.68. The van der Waals surface area contributed by atoms with E-state index in [9.17, 15) is 0 Å². The fraction of sp³-hybridized carbons (Fsp3) is 1.00. The molecule has 0 aromatic carbocycles. The van der Waals surface area contributed by atoms with Crippen molar-refractivity contribution in [2.45, 2.75) is 49.9 Å². The van der Waals surface area contributed by atoms with E-state index in [1.54, 1.807) is 85.3 Å². The highest BCUT2D eigenvalue weighted by Gasteiger charge is 2.49. The molecule has 0 rings (SSSR count).